The lowest BCUT2D eigenvalue weighted by Gasteiger charge is -2.25. The average Bonchev–Trinajstić information content (AvgIpc) is 2.85. The van der Waals surface area contributed by atoms with Crippen molar-refractivity contribution >= 4 is 17.2 Å². The molecule has 0 bridgehead atoms. The highest BCUT2D eigenvalue weighted by Crippen LogP contribution is 2.25. The molecule has 0 saturated carbocycles. The van der Waals surface area contributed by atoms with Gasteiger partial charge in [0.2, 0.25) is 0 Å². The maximum Gasteiger partial charge on any atom is 0.273 e. The molecule has 1 aromatic rings. The molecule has 1 fully saturated rings. The van der Waals surface area contributed by atoms with Crippen LogP contribution in [0.5, 0.6) is 0 Å². The maximum atomic E-state index is 12.2. The van der Waals surface area contributed by atoms with E-state index < -0.39 is 0 Å². The Morgan fingerprint density at radius 2 is 2.19 bits per heavy atom. The average molecular weight is 239 g/mol. The Bertz CT molecular complexity index is 380. The van der Waals surface area contributed by atoms with Crippen molar-refractivity contribution in [3.8, 4) is 0 Å². The number of nitrogens with two attached hydrogens (primary N) is 1. The van der Waals surface area contributed by atoms with E-state index in [9.17, 15) is 4.79 Å². The molecule has 2 atom stereocenters. The van der Waals surface area contributed by atoms with E-state index in [1.54, 1.807) is 0 Å². The zero-order chi connectivity index (χ0) is 11.7. The Labute approximate surface area is 99.5 Å². The van der Waals surface area contributed by atoms with Crippen molar-refractivity contribution in [2.75, 3.05) is 0 Å². The summed E-state index contributed by atoms with van der Waals surface area (Å²) in [5, 5.41) is 2.63. The number of hydrogen-bond acceptors (Lipinski definition) is 4. The van der Waals surface area contributed by atoms with Gasteiger partial charge in [-0.15, -0.1) is 11.3 Å². The third-order valence-corrected chi connectivity index (χ3v) is 4.00. The van der Waals surface area contributed by atoms with Gasteiger partial charge in [-0.25, -0.2) is 4.98 Å². The van der Waals surface area contributed by atoms with E-state index in [2.05, 4.69) is 18.8 Å². The van der Waals surface area contributed by atoms with Crippen LogP contribution in [-0.2, 0) is 6.54 Å². The molecule has 1 aliphatic rings. The van der Waals surface area contributed by atoms with Gasteiger partial charge in [-0.05, 0) is 26.7 Å². The molecule has 0 radical (unpaired) electrons. The number of carbonyl (C=O) groups excluding carboxylic acids is 1. The molecule has 0 aliphatic carbocycles. The van der Waals surface area contributed by atoms with Gasteiger partial charge in [-0.1, -0.05) is 0 Å². The molecular weight excluding hydrogens is 222 g/mol. The normalized spacial score (nSPS) is 25.1. The van der Waals surface area contributed by atoms with Gasteiger partial charge in [-0.3, -0.25) is 4.79 Å². The quantitative estimate of drug-likeness (QED) is 0.853. The van der Waals surface area contributed by atoms with E-state index in [-0.39, 0.29) is 5.91 Å². The first-order chi connectivity index (χ1) is 7.63. The van der Waals surface area contributed by atoms with E-state index in [1.807, 2.05) is 10.3 Å². The molecule has 0 spiro atoms. The van der Waals surface area contributed by atoms with Crippen LogP contribution >= 0.6 is 11.3 Å². The van der Waals surface area contributed by atoms with Gasteiger partial charge < -0.3 is 10.6 Å². The Morgan fingerprint density at radius 3 is 2.69 bits per heavy atom. The zero-order valence-corrected chi connectivity index (χ0v) is 10.5. The van der Waals surface area contributed by atoms with Gasteiger partial charge in [0.05, 0.1) is 0 Å². The molecular formula is C11H17N3OS. The fourth-order valence-corrected chi connectivity index (χ4v) is 2.88. The van der Waals surface area contributed by atoms with Gasteiger partial charge >= 0.3 is 0 Å². The van der Waals surface area contributed by atoms with Gasteiger partial charge in [0.15, 0.2) is 0 Å². The van der Waals surface area contributed by atoms with E-state index >= 15 is 0 Å². The largest absolute Gasteiger partial charge is 0.332 e. The fraction of sp³-hybridized carbons (Fsp3) is 0.636. The van der Waals surface area contributed by atoms with E-state index in [0.29, 0.717) is 24.3 Å². The van der Waals surface area contributed by atoms with Gasteiger partial charge in [0.25, 0.3) is 5.91 Å². The van der Waals surface area contributed by atoms with E-state index in [0.717, 1.165) is 17.8 Å². The molecule has 2 unspecified atom stereocenters. The number of nitrogens with zero attached hydrogens (tertiary/aromatic N) is 2. The van der Waals surface area contributed by atoms with Crippen molar-refractivity contribution in [3.63, 3.8) is 0 Å². The Hall–Kier alpha value is -0.940. The summed E-state index contributed by atoms with van der Waals surface area (Å²) in [4.78, 5) is 18.4. The predicted molar refractivity (Wildman–Crippen MR) is 64.3 cm³/mol. The number of likely N-dealkylation sites (tertiary alicyclic amines) is 1. The van der Waals surface area contributed by atoms with Crippen LogP contribution in [0.3, 0.4) is 0 Å². The van der Waals surface area contributed by atoms with Crippen LogP contribution in [0.15, 0.2) is 5.38 Å². The third kappa shape index (κ3) is 1.97. The highest BCUT2D eigenvalue weighted by molar-refractivity contribution is 7.09. The molecule has 1 aromatic heterocycles. The van der Waals surface area contributed by atoms with E-state index in [1.165, 1.54) is 11.3 Å². The summed E-state index contributed by atoms with van der Waals surface area (Å²) in [5.41, 5.74) is 6.04. The molecule has 16 heavy (non-hydrogen) atoms. The van der Waals surface area contributed by atoms with Crippen molar-refractivity contribution < 1.29 is 4.79 Å². The Kier molecular flexibility index (Phi) is 3.25. The standard InChI is InChI=1S/C11H17N3OS/c1-7-3-4-8(2)14(7)11(15)9-6-16-10(5-12)13-9/h6-8H,3-5,12H2,1-2H3. The second kappa shape index (κ2) is 4.51. The van der Waals surface area contributed by atoms with Gasteiger partial charge in [0.1, 0.15) is 10.7 Å². The van der Waals surface area contributed by atoms with Crippen LogP contribution in [0.2, 0.25) is 0 Å². The molecule has 1 amide bonds. The zero-order valence-electron chi connectivity index (χ0n) is 9.64. The molecule has 1 aliphatic heterocycles. The first-order valence-corrected chi connectivity index (χ1v) is 6.48. The first-order valence-electron chi connectivity index (χ1n) is 5.60. The maximum absolute atomic E-state index is 12.2. The highest BCUT2D eigenvalue weighted by Gasteiger charge is 2.32. The van der Waals surface area contributed by atoms with Crippen LogP contribution in [0, 0.1) is 0 Å². The van der Waals surface area contributed by atoms with Crippen molar-refractivity contribution in [1.82, 2.24) is 9.88 Å². The minimum Gasteiger partial charge on any atom is -0.332 e. The second-order valence-corrected chi connectivity index (χ2v) is 5.26. The number of carbonyl (C=O) groups is 1. The number of thiazole rings is 1. The van der Waals surface area contributed by atoms with Crippen LogP contribution in [0.4, 0.5) is 0 Å². The van der Waals surface area contributed by atoms with Crippen molar-refractivity contribution in [2.45, 2.75) is 45.3 Å². The summed E-state index contributed by atoms with van der Waals surface area (Å²) < 4.78 is 0. The fourth-order valence-electron chi connectivity index (χ4n) is 2.23. The van der Waals surface area contributed by atoms with Crippen LogP contribution in [-0.4, -0.2) is 27.9 Å². The number of amides is 1. The van der Waals surface area contributed by atoms with Gasteiger partial charge in [0, 0.05) is 24.0 Å². The van der Waals surface area contributed by atoms with Crippen LogP contribution in [0.1, 0.15) is 42.2 Å². The van der Waals surface area contributed by atoms with Crippen molar-refractivity contribution in [2.24, 2.45) is 5.73 Å². The number of hydrogen-bond donors (Lipinski definition) is 1. The topological polar surface area (TPSA) is 59.2 Å². The highest BCUT2D eigenvalue weighted by atomic mass is 32.1. The van der Waals surface area contributed by atoms with Gasteiger partial charge in [-0.2, -0.15) is 0 Å². The summed E-state index contributed by atoms with van der Waals surface area (Å²) in [5.74, 6) is 0.0495. The van der Waals surface area contributed by atoms with Crippen molar-refractivity contribution in [3.05, 3.63) is 16.1 Å². The smallest absolute Gasteiger partial charge is 0.273 e. The van der Waals surface area contributed by atoms with Crippen LogP contribution in [0.25, 0.3) is 0 Å². The number of aromatic nitrogens is 1. The molecule has 2 heterocycles. The summed E-state index contributed by atoms with van der Waals surface area (Å²) >= 11 is 1.46. The lowest BCUT2D eigenvalue weighted by Crippen LogP contribution is -2.38. The van der Waals surface area contributed by atoms with Crippen molar-refractivity contribution in [1.29, 1.82) is 0 Å². The summed E-state index contributed by atoms with van der Waals surface area (Å²) in [6.07, 6.45) is 2.17. The molecule has 4 nitrogen and oxygen atoms in total. The summed E-state index contributed by atoms with van der Waals surface area (Å²) in [7, 11) is 0. The van der Waals surface area contributed by atoms with Crippen LogP contribution < -0.4 is 5.73 Å². The Morgan fingerprint density at radius 1 is 1.56 bits per heavy atom. The lowest BCUT2D eigenvalue weighted by molar-refractivity contribution is 0.0687. The SMILES string of the molecule is CC1CCC(C)N1C(=O)c1csc(CN)n1. The summed E-state index contributed by atoms with van der Waals surface area (Å²) in [6.45, 7) is 4.60. The number of rotatable bonds is 2. The molecule has 2 N–H and O–H groups in total. The molecule has 1 saturated heterocycles. The molecule has 88 valence electrons. The van der Waals surface area contributed by atoms with E-state index in [4.69, 9.17) is 5.73 Å². The minimum absolute atomic E-state index is 0.0495. The molecule has 2 rings (SSSR count). The molecule has 5 heteroatoms. The monoisotopic (exact) mass is 239 g/mol. The Balaban J connectivity index is 2.18. The third-order valence-electron chi connectivity index (χ3n) is 3.13. The second-order valence-electron chi connectivity index (χ2n) is 4.32. The summed E-state index contributed by atoms with van der Waals surface area (Å²) in [6, 6.07) is 0.649. The predicted octanol–water partition coefficient (Wildman–Crippen LogP) is 1.61. The molecule has 0 aromatic carbocycles. The lowest BCUT2D eigenvalue weighted by atomic mass is 10.2. The minimum atomic E-state index is 0.0495. The first kappa shape index (κ1) is 11.5.